The van der Waals surface area contributed by atoms with Crippen LogP contribution in [0.25, 0.3) is 0 Å². The standard InChI is InChI=1S/C21H18N2O2/c22-21(24)17-10-6-11-19(13-17)23-14-18-9-4-5-12-20(18)25-15-16-7-2-1-3-8-16/h1-14H,15H2,(H2,22,24). The largest absolute Gasteiger partial charge is 0.488 e. The average Bonchev–Trinajstić information content (AvgIpc) is 2.66. The van der Waals surface area contributed by atoms with Gasteiger partial charge in [-0.25, -0.2) is 0 Å². The molecule has 1 amide bonds. The minimum Gasteiger partial charge on any atom is -0.488 e. The Morgan fingerprint density at radius 3 is 2.52 bits per heavy atom. The number of hydrogen-bond acceptors (Lipinski definition) is 3. The lowest BCUT2D eigenvalue weighted by Crippen LogP contribution is -2.10. The number of amides is 1. The average molecular weight is 330 g/mol. The Morgan fingerprint density at radius 2 is 1.72 bits per heavy atom. The molecule has 0 aliphatic heterocycles. The van der Waals surface area contributed by atoms with E-state index in [2.05, 4.69) is 4.99 Å². The summed E-state index contributed by atoms with van der Waals surface area (Å²) in [5, 5.41) is 0. The summed E-state index contributed by atoms with van der Waals surface area (Å²) in [6.45, 7) is 0.489. The van der Waals surface area contributed by atoms with E-state index in [0.29, 0.717) is 17.9 Å². The van der Waals surface area contributed by atoms with Crippen LogP contribution >= 0.6 is 0 Å². The molecular weight excluding hydrogens is 312 g/mol. The normalized spacial score (nSPS) is 10.7. The maximum atomic E-state index is 11.3. The van der Waals surface area contributed by atoms with Crippen molar-refractivity contribution >= 4 is 17.8 Å². The predicted octanol–water partition coefficient (Wildman–Crippen LogP) is 4.12. The van der Waals surface area contributed by atoms with Crippen molar-refractivity contribution in [2.75, 3.05) is 0 Å². The summed E-state index contributed by atoms with van der Waals surface area (Å²) in [5.41, 5.74) is 8.36. The summed E-state index contributed by atoms with van der Waals surface area (Å²) in [7, 11) is 0. The number of nitrogens with zero attached hydrogens (tertiary/aromatic N) is 1. The molecule has 0 aromatic heterocycles. The van der Waals surface area contributed by atoms with Crippen molar-refractivity contribution in [3.8, 4) is 5.75 Å². The fraction of sp³-hybridized carbons (Fsp3) is 0.0476. The van der Waals surface area contributed by atoms with Gasteiger partial charge in [-0.3, -0.25) is 9.79 Å². The Hall–Kier alpha value is -3.40. The van der Waals surface area contributed by atoms with E-state index in [0.717, 1.165) is 16.9 Å². The van der Waals surface area contributed by atoms with Gasteiger partial charge in [0.05, 0.1) is 5.69 Å². The number of para-hydroxylation sites is 1. The van der Waals surface area contributed by atoms with Gasteiger partial charge in [0.25, 0.3) is 0 Å². The summed E-state index contributed by atoms with van der Waals surface area (Å²) in [4.78, 5) is 15.7. The minimum atomic E-state index is -0.469. The van der Waals surface area contributed by atoms with Gasteiger partial charge in [-0.1, -0.05) is 48.5 Å². The fourth-order valence-corrected chi connectivity index (χ4v) is 2.34. The highest BCUT2D eigenvalue weighted by atomic mass is 16.5. The van der Waals surface area contributed by atoms with Crippen molar-refractivity contribution in [2.45, 2.75) is 6.61 Å². The molecule has 0 heterocycles. The number of hydrogen-bond donors (Lipinski definition) is 1. The summed E-state index contributed by atoms with van der Waals surface area (Å²) in [5.74, 6) is 0.282. The van der Waals surface area contributed by atoms with Crippen molar-refractivity contribution < 1.29 is 9.53 Å². The van der Waals surface area contributed by atoms with Crippen LogP contribution in [0.4, 0.5) is 5.69 Å². The van der Waals surface area contributed by atoms with E-state index in [1.165, 1.54) is 0 Å². The molecule has 3 aromatic rings. The quantitative estimate of drug-likeness (QED) is 0.691. The summed E-state index contributed by atoms with van der Waals surface area (Å²) in [6, 6.07) is 24.6. The van der Waals surface area contributed by atoms with Crippen LogP contribution in [-0.2, 0) is 6.61 Å². The van der Waals surface area contributed by atoms with Gasteiger partial charge in [0.2, 0.25) is 5.91 Å². The number of aliphatic imine (C=N–C) groups is 1. The van der Waals surface area contributed by atoms with Crippen LogP contribution < -0.4 is 10.5 Å². The molecule has 4 heteroatoms. The van der Waals surface area contributed by atoms with E-state index in [1.807, 2.05) is 60.7 Å². The molecule has 0 saturated heterocycles. The monoisotopic (exact) mass is 330 g/mol. The third-order valence-corrected chi connectivity index (χ3v) is 3.64. The lowest BCUT2D eigenvalue weighted by atomic mass is 10.2. The first kappa shape index (κ1) is 16.5. The molecule has 3 rings (SSSR count). The van der Waals surface area contributed by atoms with Gasteiger partial charge in [0.15, 0.2) is 0 Å². The number of primary amides is 1. The van der Waals surface area contributed by atoms with E-state index < -0.39 is 5.91 Å². The Labute approximate surface area is 146 Å². The van der Waals surface area contributed by atoms with Crippen molar-refractivity contribution in [1.82, 2.24) is 0 Å². The highest BCUT2D eigenvalue weighted by Gasteiger charge is 2.03. The maximum absolute atomic E-state index is 11.3. The Kier molecular flexibility index (Phi) is 5.22. The molecule has 0 bridgehead atoms. The van der Waals surface area contributed by atoms with Crippen molar-refractivity contribution in [3.05, 3.63) is 95.6 Å². The smallest absolute Gasteiger partial charge is 0.248 e. The minimum absolute atomic E-state index is 0.434. The molecule has 124 valence electrons. The molecule has 0 radical (unpaired) electrons. The molecule has 2 N–H and O–H groups in total. The third-order valence-electron chi connectivity index (χ3n) is 3.64. The summed E-state index contributed by atoms with van der Waals surface area (Å²) in [6.07, 6.45) is 1.72. The van der Waals surface area contributed by atoms with Crippen LogP contribution in [0.3, 0.4) is 0 Å². The molecule has 0 fully saturated rings. The van der Waals surface area contributed by atoms with Crippen LogP contribution in [-0.4, -0.2) is 12.1 Å². The lowest BCUT2D eigenvalue weighted by Gasteiger charge is -2.09. The van der Waals surface area contributed by atoms with Gasteiger partial charge in [-0.15, -0.1) is 0 Å². The van der Waals surface area contributed by atoms with Gasteiger partial charge in [-0.2, -0.15) is 0 Å². The molecule has 0 saturated carbocycles. The number of benzene rings is 3. The molecule has 4 nitrogen and oxygen atoms in total. The zero-order chi connectivity index (χ0) is 17.5. The van der Waals surface area contributed by atoms with Gasteiger partial charge in [0.1, 0.15) is 12.4 Å². The van der Waals surface area contributed by atoms with Crippen LogP contribution in [0.2, 0.25) is 0 Å². The zero-order valence-electron chi connectivity index (χ0n) is 13.6. The second-order valence-corrected chi connectivity index (χ2v) is 5.48. The lowest BCUT2D eigenvalue weighted by molar-refractivity contribution is 0.100. The highest BCUT2D eigenvalue weighted by Crippen LogP contribution is 2.20. The van der Waals surface area contributed by atoms with E-state index in [4.69, 9.17) is 10.5 Å². The fourth-order valence-electron chi connectivity index (χ4n) is 2.34. The van der Waals surface area contributed by atoms with Crippen LogP contribution in [0.1, 0.15) is 21.5 Å². The molecule has 0 aliphatic carbocycles. The molecular formula is C21H18N2O2. The number of carbonyl (C=O) groups is 1. The second kappa shape index (κ2) is 7.93. The van der Waals surface area contributed by atoms with Crippen molar-refractivity contribution in [3.63, 3.8) is 0 Å². The zero-order valence-corrected chi connectivity index (χ0v) is 13.6. The van der Waals surface area contributed by atoms with Crippen molar-refractivity contribution in [2.24, 2.45) is 10.7 Å². The first-order valence-electron chi connectivity index (χ1n) is 7.92. The Balaban J connectivity index is 1.76. The van der Waals surface area contributed by atoms with E-state index in [9.17, 15) is 4.79 Å². The number of nitrogens with two attached hydrogens (primary N) is 1. The van der Waals surface area contributed by atoms with Crippen LogP contribution in [0.5, 0.6) is 5.75 Å². The van der Waals surface area contributed by atoms with E-state index in [1.54, 1.807) is 24.4 Å². The predicted molar refractivity (Wildman–Crippen MR) is 99.4 cm³/mol. The Morgan fingerprint density at radius 1 is 0.960 bits per heavy atom. The van der Waals surface area contributed by atoms with Gasteiger partial charge in [0, 0.05) is 17.3 Å². The molecule has 0 spiro atoms. The summed E-state index contributed by atoms with van der Waals surface area (Å²) >= 11 is 0. The van der Waals surface area contributed by atoms with E-state index >= 15 is 0 Å². The van der Waals surface area contributed by atoms with Gasteiger partial charge < -0.3 is 10.5 Å². The molecule has 0 unspecified atom stereocenters. The molecule has 0 aliphatic rings. The van der Waals surface area contributed by atoms with Crippen LogP contribution in [0.15, 0.2) is 83.9 Å². The number of ether oxygens (including phenoxy) is 1. The topological polar surface area (TPSA) is 64.7 Å². The molecule has 0 atom stereocenters. The number of carbonyl (C=O) groups excluding carboxylic acids is 1. The van der Waals surface area contributed by atoms with Crippen LogP contribution in [0, 0.1) is 0 Å². The molecule has 3 aromatic carbocycles. The van der Waals surface area contributed by atoms with Gasteiger partial charge in [-0.05, 0) is 35.9 Å². The van der Waals surface area contributed by atoms with Crippen molar-refractivity contribution in [1.29, 1.82) is 0 Å². The molecule has 25 heavy (non-hydrogen) atoms. The van der Waals surface area contributed by atoms with E-state index in [-0.39, 0.29) is 0 Å². The third kappa shape index (κ3) is 4.54. The highest BCUT2D eigenvalue weighted by molar-refractivity contribution is 5.94. The first-order chi connectivity index (χ1) is 12.2. The Bertz CT molecular complexity index is 889. The second-order valence-electron chi connectivity index (χ2n) is 5.48. The summed E-state index contributed by atoms with van der Waals surface area (Å²) < 4.78 is 5.91. The SMILES string of the molecule is NC(=O)c1cccc(N=Cc2ccccc2OCc2ccccc2)c1. The number of rotatable bonds is 6. The first-order valence-corrected chi connectivity index (χ1v) is 7.92. The maximum Gasteiger partial charge on any atom is 0.248 e. The van der Waals surface area contributed by atoms with Gasteiger partial charge >= 0.3 is 0 Å².